The van der Waals surface area contributed by atoms with Crippen LogP contribution in [0.2, 0.25) is 0 Å². The lowest BCUT2D eigenvalue weighted by molar-refractivity contribution is 0.477. The summed E-state index contributed by atoms with van der Waals surface area (Å²) in [5.74, 6) is 1.20. The van der Waals surface area contributed by atoms with Crippen molar-refractivity contribution in [1.29, 1.82) is 0 Å². The topological polar surface area (TPSA) is 51.8 Å². The highest BCUT2D eigenvalue weighted by Crippen LogP contribution is 2.12. The van der Waals surface area contributed by atoms with Gasteiger partial charge in [0, 0.05) is 23.8 Å². The maximum Gasteiger partial charge on any atom is 0.220 e. The van der Waals surface area contributed by atoms with Crippen LogP contribution in [0.3, 0.4) is 0 Å². The molecule has 0 spiro atoms. The first-order valence-electron chi connectivity index (χ1n) is 4.12. The lowest BCUT2D eigenvalue weighted by atomic mass is 10.2. The molecule has 72 valence electrons. The summed E-state index contributed by atoms with van der Waals surface area (Å²) in [6, 6.07) is 1.98. The van der Waals surface area contributed by atoms with E-state index in [2.05, 4.69) is 31.1 Å². The zero-order valence-electron chi connectivity index (χ0n) is 7.57. The largest absolute Gasteiger partial charge is 0.425 e. The van der Waals surface area contributed by atoms with Crippen molar-refractivity contribution in [2.45, 2.75) is 13.3 Å². The molecular formula is C9H8BrN3O. The monoisotopic (exact) mass is 253 g/mol. The average Bonchev–Trinajstić information content (AvgIpc) is 2.51. The fourth-order valence-corrected chi connectivity index (χ4v) is 1.55. The van der Waals surface area contributed by atoms with Gasteiger partial charge >= 0.3 is 0 Å². The number of rotatable bonds is 2. The normalized spacial score (nSPS) is 10.4. The van der Waals surface area contributed by atoms with Gasteiger partial charge in [0.05, 0.1) is 6.42 Å². The van der Waals surface area contributed by atoms with E-state index in [1.807, 2.05) is 6.07 Å². The number of aryl methyl sites for hydroxylation is 1. The van der Waals surface area contributed by atoms with Crippen molar-refractivity contribution >= 4 is 15.9 Å². The van der Waals surface area contributed by atoms with Crippen molar-refractivity contribution in [2.75, 3.05) is 0 Å². The van der Waals surface area contributed by atoms with Crippen LogP contribution in [0.5, 0.6) is 0 Å². The lowest BCUT2D eigenvalue weighted by Gasteiger charge is -1.96. The van der Waals surface area contributed by atoms with E-state index < -0.39 is 0 Å². The van der Waals surface area contributed by atoms with E-state index in [4.69, 9.17) is 4.42 Å². The first kappa shape index (κ1) is 9.33. The number of hydrogen-bond donors (Lipinski definition) is 0. The van der Waals surface area contributed by atoms with Crippen LogP contribution >= 0.6 is 15.9 Å². The van der Waals surface area contributed by atoms with Crippen molar-refractivity contribution in [1.82, 2.24) is 15.2 Å². The van der Waals surface area contributed by atoms with Gasteiger partial charge in [-0.3, -0.25) is 4.98 Å². The van der Waals surface area contributed by atoms with Crippen molar-refractivity contribution < 1.29 is 4.42 Å². The second-order valence-electron chi connectivity index (χ2n) is 2.90. The molecule has 0 amide bonds. The Morgan fingerprint density at radius 3 is 2.86 bits per heavy atom. The first-order chi connectivity index (χ1) is 6.74. The maximum atomic E-state index is 5.26. The van der Waals surface area contributed by atoms with Crippen LogP contribution in [0.25, 0.3) is 0 Å². The van der Waals surface area contributed by atoms with Gasteiger partial charge in [0.15, 0.2) is 0 Å². The molecule has 0 aromatic carbocycles. The summed E-state index contributed by atoms with van der Waals surface area (Å²) >= 11 is 3.35. The third kappa shape index (κ3) is 2.17. The molecule has 2 aromatic heterocycles. The highest BCUT2D eigenvalue weighted by atomic mass is 79.9. The van der Waals surface area contributed by atoms with E-state index in [1.54, 1.807) is 19.3 Å². The maximum absolute atomic E-state index is 5.26. The number of halogens is 1. The van der Waals surface area contributed by atoms with E-state index in [1.165, 1.54) is 0 Å². The molecule has 2 heterocycles. The van der Waals surface area contributed by atoms with Gasteiger partial charge in [-0.1, -0.05) is 0 Å². The molecule has 0 bridgehead atoms. The number of nitrogens with zero attached hydrogens (tertiary/aromatic N) is 3. The molecule has 0 aliphatic carbocycles. The third-order valence-electron chi connectivity index (χ3n) is 1.68. The predicted molar refractivity (Wildman–Crippen MR) is 53.8 cm³/mol. The average molecular weight is 254 g/mol. The smallest absolute Gasteiger partial charge is 0.220 e. The quantitative estimate of drug-likeness (QED) is 0.823. The van der Waals surface area contributed by atoms with Gasteiger partial charge in [-0.2, -0.15) is 0 Å². The fraction of sp³-hybridized carbons (Fsp3) is 0.222. The van der Waals surface area contributed by atoms with Crippen LogP contribution in [-0.2, 0) is 6.42 Å². The molecule has 5 heteroatoms. The lowest BCUT2D eigenvalue weighted by Crippen LogP contribution is -1.89. The molecule has 0 N–H and O–H groups in total. The Morgan fingerprint density at radius 2 is 2.21 bits per heavy atom. The zero-order chi connectivity index (χ0) is 9.97. The third-order valence-corrected chi connectivity index (χ3v) is 2.12. The fourth-order valence-electron chi connectivity index (χ4n) is 1.14. The van der Waals surface area contributed by atoms with E-state index >= 15 is 0 Å². The molecule has 0 saturated carbocycles. The molecule has 14 heavy (non-hydrogen) atoms. The van der Waals surface area contributed by atoms with Crippen molar-refractivity contribution in [3.8, 4) is 0 Å². The molecule has 0 radical (unpaired) electrons. The molecular weight excluding hydrogens is 246 g/mol. The van der Waals surface area contributed by atoms with Gasteiger partial charge < -0.3 is 4.42 Å². The Labute approximate surface area is 89.5 Å². The van der Waals surface area contributed by atoms with Crippen LogP contribution in [0, 0.1) is 6.92 Å². The number of hydrogen-bond acceptors (Lipinski definition) is 4. The Morgan fingerprint density at radius 1 is 1.36 bits per heavy atom. The highest BCUT2D eigenvalue weighted by Gasteiger charge is 2.04. The van der Waals surface area contributed by atoms with E-state index in [0.29, 0.717) is 18.2 Å². The van der Waals surface area contributed by atoms with Crippen LogP contribution in [0.1, 0.15) is 17.3 Å². The SMILES string of the molecule is Cc1nnc(Cc2cncc(Br)c2)o1. The molecule has 0 aliphatic heterocycles. The molecule has 2 aromatic rings. The summed E-state index contributed by atoms with van der Waals surface area (Å²) in [6.45, 7) is 1.77. The number of pyridine rings is 1. The second-order valence-corrected chi connectivity index (χ2v) is 3.82. The van der Waals surface area contributed by atoms with Crippen LogP contribution < -0.4 is 0 Å². The summed E-state index contributed by atoms with van der Waals surface area (Å²) in [4.78, 5) is 4.05. The van der Waals surface area contributed by atoms with Gasteiger partial charge in [-0.25, -0.2) is 0 Å². The minimum Gasteiger partial charge on any atom is -0.425 e. The minimum absolute atomic E-state index is 0.586. The van der Waals surface area contributed by atoms with Gasteiger partial charge in [0.25, 0.3) is 0 Å². The summed E-state index contributed by atoms with van der Waals surface area (Å²) < 4.78 is 6.21. The molecule has 2 rings (SSSR count). The summed E-state index contributed by atoms with van der Waals surface area (Å²) in [5, 5.41) is 7.67. The van der Waals surface area contributed by atoms with Crippen molar-refractivity contribution in [3.05, 3.63) is 40.3 Å². The Bertz CT molecular complexity index is 441. The molecule has 0 fully saturated rings. The predicted octanol–water partition coefficient (Wildman–Crippen LogP) is 2.13. The standard InChI is InChI=1S/C9H8BrN3O/c1-6-12-13-9(14-6)3-7-2-8(10)5-11-4-7/h2,4-5H,3H2,1H3. The highest BCUT2D eigenvalue weighted by molar-refractivity contribution is 9.10. The van der Waals surface area contributed by atoms with Crippen molar-refractivity contribution in [2.24, 2.45) is 0 Å². The molecule has 0 saturated heterocycles. The van der Waals surface area contributed by atoms with Crippen LogP contribution in [0.15, 0.2) is 27.3 Å². The van der Waals surface area contributed by atoms with E-state index in [0.717, 1.165) is 10.0 Å². The van der Waals surface area contributed by atoms with Gasteiger partial charge in [0.1, 0.15) is 0 Å². The second kappa shape index (κ2) is 3.88. The Hall–Kier alpha value is -1.23. The number of aromatic nitrogens is 3. The zero-order valence-corrected chi connectivity index (χ0v) is 9.15. The molecule has 0 atom stereocenters. The summed E-state index contributed by atoms with van der Waals surface area (Å²) in [6.07, 6.45) is 4.14. The summed E-state index contributed by atoms with van der Waals surface area (Å²) in [7, 11) is 0. The Kier molecular flexibility index (Phi) is 2.58. The van der Waals surface area contributed by atoms with Gasteiger partial charge in [0.2, 0.25) is 11.8 Å². The first-order valence-corrected chi connectivity index (χ1v) is 4.92. The van der Waals surface area contributed by atoms with E-state index in [9.17, 15) is 0 Å². The van der Waals surface area contributed by atoms with Crippen LogP contribution in [0.4, 0.5) is 0 Å². The Balaban J connectivity index is 2.18. The van der Waals surface area contributed by atoms with Crippen LogP contribution in [-0.4, -0.2) is 15.2 Å². The van der Waals surface area contributed by atoms with Crippen molar-refractivity contribution in [3.63, 3.8) is 0 Å². The van der Waals surface area contributed by atoms with E-state index in [-0.39, 0.29) is 0 Å². The molecule has 0 unspecified atom stereocenters. The minimum atomic E-state index is 0.586. The van der Waals surface area contributed by atoms with Gasteiger partial charge in [-0.15, -0.1) is 10.2 Å². The summed E-state index contributed by atoms with van der Waals surface area (Å²) in [5.41, 5.74) is 1.04. The molecule has 0 aliphatic rings. The molecule has 4 nitrogen and oxygen atoms in total. The van der Waals surface area contributed by atoms with Gasteiger partial charge in [-0.05, 0) is 27.6 Å².